The van der Waals surface area contributed by atoms with Gasteiger partial charge in [-0.3, -0.25) is 4.79 Å². The van der Waals surface area contributed by atoms with E-state index in [2.05, 4.69) is 9.69 Å². The predicted octanol–water partition coefficient (Wildman–Crippen LogP) is 3.06. The molecule has 2 N–H and O–H groups in total. The lowest BCUT2D eigenvalue weighted by Crippen LogP contribution is -2.12. The molecule has 17 heavy (non-hydrogen) atoms. The van der Waals surface area contributed by atoms with Crippen LogP contribution < -0.4 is 5.32 Å². The topological polar surface area (TPSA) is 62.2 Å². The van der Waals surface area contributed by atoms with Crippen LogP contribution in [0.25, 0.3) is 0 Å². The summed E-state index contributed by atoms with van der Waals surface area (Å²) in [5.41, 5.74) is 0.597. The lowest BCUT2D eigenvalue weighted by molar-refractivity contribution is 0.102. The first-order chi connectivity index (χ1) is 8.06. The Morgan fingerprint density at radius 3 is 2.88 bits per heavy atom. The summed E-state index contributed by atoms with van der Waals surface area (Å²) in [5, 5.41) is 12.5. The van der Waals surface area contributed by atoms with Crippen LogP contribution in [0.5, 0.6) is 5.75 Å². The van der Waals surface area contributed by atoms with Gasteiger partial charge in [0.2, 0.25) is 0 Å². The van der Waals surface area contributed by atoms with Crippen molar-refractivity contribution in [3.63, 3.8) is 0 Å². The summed E-state index contributed by atoms with van der Waals surface area (Å²) in [4.78, 5) is 12.7. The molecule has 0 aliphatic rings. The molecular formula is C11H9ClN2O2S. The van der Waals surface area contributed by atoms with Crippen LogP contribution in [-0.2, 0) is 0 Å². The molecule has 0 radical (unpaired) electrons. The second-order valence-electron chi connectivity index (χ2n) is 3.44. The molecule has 0 fully saturated rings. The van der Waals surface area contributed by atoms with Gasteiger partial charge in [0.1, 0.15) is 11.4 Å². The maximum absolute atomic E-state index is 11.8. The van der Waals surface area contributed by atoms with Gasteiger partial charge >= 0.3 is 0 Å². The largest absolute Gasteiger partial charge is 0.506 e. The molecular weight excluding hydrogens is 260 g/mol. The van der Waals surface area contributed by atoms with E-state index in [0.717, 1.165) is 4.88 Å². The molecule has 0 saturated heterocycles. The van der Waals surface area contributed by atoms with E-state index in [1.165, 1.54) is 23.7 Å². The van der Waals surface area contributed by atoms with Gasteiger partial charge < -0.3 is 10.4 Å². The van der Waals surface area contributed by atoms with Gasteiger partial charge in [0.05, 0.1) is 5.69 Å². The molecule has 1 heterocycles. The number of benzene rings is 1. The Morgan fingerprint density at radius 1 is 1.47 bits per heavy atom. The van der Waals surface area contributed by atoms with Gasteiger partial charge in [0, 0.05) is 9.90 Å². The molecule has 1 amide bonds. The van der Waals surface area contributed by atoms with Gasteiger partial charge in [-0.1, -0.05) is 11.6 Å². The van der Waals surface area contributed by atoms with Gasteiger partial charge in [-0.25, -0.2) is 0 Å². The monoisotopic (exact) mass is 268 g/mol. The summed E-state index contributed by atoms with van der Waals surface area (Å²) in [5.74, 6) is -0.401. The number of halogens is 1. The zero-order valence-corrected chi connectivity index (χ0v) is 10.5. The molecule has 0 spiro atoms. The molecule has 6 heteroatoms. The highest BCUT2D eigenvalue weighted by atomic mass is 35.5. The number of phenolic OH excluding ortho intramolecular Hbond substituents is 1. The summed E-state index contributed by atoms with van der Waals surface area (Å²) in [6.07, 6.45) is 0. The Hall–Kier alpha value is -1.59. The van der Waals surface area contributed by atoms with E-state index in [4.69, 9.17) is 11.6 Å². The number of hydrogen-bond acceptors (Lipinski definition) is 4. The molecule has 88 valence electrons. The fraction of sp³-hybridized carbons (Fsp3) is 0.0909. The highest BCUT2D eigenvalue weighted by Gasteiger charge is 2.12. The minimum Gasteiger partial charge on any atom is -0.506 e. The maximum atomic E-state index is 11.8. The van der Waals surface area contributed by atoms with E-state index in [1.54, 1.807) is 12.1 Å². The van der Waals surface area contributed by atoms with Gasteiger partial charge in [-0.05, 0) is 42.7 Å². The third kappa shape index (κ3) is 2.75. The first-order valence-electron chi connectivity index (χ1n) is 4.79. The second-order valence-corrected chi connectivity index (χ2v) is 4.88. The maximum Gasteiger partial charge on any atom is 0.275 e. The van der Waals surface area contributed by atoms with Crippen molar-refractivity contribution in [1.82, 2.24) is 4.37 Å². The van der Waals surface area contributed by atoms with E-state index in [1.807, 2.05) is 6.92 Å². The number of aromatic nitrogens is 1. The zero-order chi connectivity index (χ0) is 12.4. The number of nitrogens with zero attached hydrogens (tertiary/aromatic N) is 1. The normalized spacial score (nSPS) is 10.2. The number of aryl methyl sites for hydroxylation is 1. The number of amides is 1. The lowest BCUT2D eigenvalue weighted by atomic mass is 10.2. The van der Waals surface area contributed by atoms with Gasteiger partial charge in [0.15, 0.2) is 0 Å². The van der Waals surface area contributed by atoms with Crippen molar-refractivity contribution < 1.29 is 9.90 Å². The summed E-state index contributed by atoms with van der Waals surface area (Å²) >= 11 is 7.03. The molecule has 0 atom stereocenters. The number of carbonyl (C=O) groups is 1. The van der Waals surface area contributed by atoms with Gasteiger partial charge in [0.25, 0.3) is 5.91 Å². The standard InChI is InChI=1S/C11H9ClN2O2S/c1-6-4-9(14-17-6)11(16)13-8-5-7(12)2-3-10(8)15/h2-5,15H,1H3,(H,13,16). The van der Waals surface area contributed by atoms with Crippen molar-refractivity contribution in [3.05, 3.63) is 39.9 Å². The number of rotatable bonds is 2. The molecule has 0 bridgehead atoms. The quantitative estimate of drug-likeness (QED) is 0.823. The average molecular weight is 269 g/mol. The van der Waals surface area contributed by atoms with Crippen molar-refractivity contribution in [2.75, 3.05) is 5.32 Å². The lowest BCUT2D eigenvalue weighted by Gasteiger charge is -2.05. The average Bonchev–Trinajstić information content (AvgIpc) is 2.70. The fourth-order valence-electron chi connectivity index (χ4n) is 1.27. The Morgan fingerprint density at radius 2 is 2.24 bits per heavy atom. The van der Waals surface area contributed by atoms with Crippen molar-refractivity contribution in [3.8, 4) is 5.75 Å². The number of anilines is 1. The molecule has 0 saturated carbocycles. The van der Waals surface area contributed by atoms with E-state index in [9.17, 15) is 9.90 Å². The number of phenols is 1. The summed E-state index contributed by atoms with van der Waals surface area (Å²) in [6, 6.07) is 6.12. The molecule has 1 aromatic carbocycles. The third-order valence-electron chi connectivity index (χ3n) is 2.07. The number of nitrogens with one attached hydrogen (secondary N) is 1. The van der Waals surface area contributed by atoms with Gasteiger partial charge in [-0.2, -0.15) is 4.37 Å². The first kappa shape index (κ1) is 11.9. The molecule has 4 nitrogen and oxygen atoms in total. The van der Waals surface area contributed by atoms with Crippen molar-refractivity contribution >= 4 is 34.7 Å². The zero-order valence-electron chi connectivity index (χ0n) is 8.90. The number of hydrogen-bond donors (Lipinski definition) is 2. The van der Waals surface area contributed by atoms with Crippen LogP contribution in [0.15, 0.2) is 24.3 Å². The molecule has 2 aromatic rings. The minimum absolute atomic E-state index is 0.0327. The van der Waals surface area contributed by atoms with E-state index < -0.39 is 0 Å². The summed E-state index contributed by atoms with van der Waals surface area (Å²) in [7, 11) is 0. The minimum atomic E-state index is -0.369. The van der Waals surface area contributed by atoms with Gasteiger partial charge in [-0.15, -0.1) is 0 Å². The third-order valence-corrected chi connectivity index (χ3v) is 3.00. The van der Waals surface area contributed by atoms with E-state index in [-0.39, 0.29) is 17.3 Å². The highest BCUT2D eigenvalue weighted by Crippen LogP contribution is 2.27. The molecule has 1 aromatic heterocycles. The van der Waals surface area contributed by atoms with Crippen molar-refractivity contribution in [2.45, 2.75) is 6.92 Å². The molecule has 2 rings (SSSR count). The molecule has 0 aliphatic carbocycles. The van der Waals surface area contributed by atoms with Crippen molar-refractivity contribution in [2.24, 2.45) is 0 Å². The Balaban J connectivity index is 2.21. The van der Waals surface area contributed by atoms with Crippen LogP contribution in [0.1, 0.15) is 15.4 Å². The van der Waals surface area contributed by atoms with Crippen LogP contribution in [0.4, 0.5) is 5.69 Å². The number of carbonyl (C=O) groups excluding carboxylic acids is 1. The highest BCUT2D eigenvalue weighted by molar-refractivity contribution is 7.05. The van der Waals surface area contributed by atoms with E-state index >= 15 is 0 Å². The van der Waals surface area contributed by atoms with Crippen LogP contribution in [0, 0.1) is 6.92 Å². The molecule has 0 unspecified atom stereocenters. The van der Waals surface area contributed by atoms with Crippen LogP contribution in [0.3, 0.4) is 0 Å². The van der Waals surface area contributed by atoms with Crippen LogP contribution in [-0.4, -0.2) is 15.4 Å². The Kier molecular flexibility index (Phi) is 3.31. The first-order valence-corrected chi connectivity index (χ1v) is 5.94. The van der Waals surface area contributed by atoms with Crippen LogP contribution >= 0.6 is 23.1 Å². The fourth-order valence-corrected chi connectivity index (χ4v) is 1.98. The second kappa shape index (κ2) is 4.73. The Labute approximate surface area is 107 Å². The summed E-state index contributed by atoms with van der Waals surface area (Å²) in [6.45, 7) is 1.87. The van der Waals surface area contributed by atoms with Crippen molar-refractivity contribution in [1.29, 1.82) is 0 Å². The summed E-state index contributed by atoms with van der Waals surface area (Å²) < 4.78 is 3.98. The van der Waals surface area contributed by atoms with Crippen LogP contribution in [0.2, 0.25) is 5.02 Å². The number of aromatic hydroxyl groups is 1. The molecule has 0 aliphatic heterocycles. The SMILES string of the molecule is Cc1cc(C(=O)Nc2cc(Cl)ccc2O)ns1. The van der Waals surface area contributed by atoms with E-state index in [0.29, 0.717) is 10.7 Å². The smallest absolute Gasteiger partial charge is 0.275 e. The predicted molar refractivity (Wildman–Crippen MR) is 67.9 cm³/mol. The Bertz CT molecular complexity index is 568.